The summed E-state index contributed by atoms with van der Waals surface area (Å²) in [5, 5.41) is 23.7. The van der Waals surface area contributed by atoms with Gasteiger partial charge in [-0.05, 0) is 29.8 Å². The number of rotatable bonds is 10. The van der Waals surface area contributed by atoms with E-state index >= 15 is 0 Å². The highest BCUT2D eigenvalue weighted by atomic mass is 35.5. The summed E-state index contributed by atoms with van der Waals surface area (Å²) in [7, 11) is 0. The predicted octanol–water partition coefficient (Wildman–Crippen LogP) is 5.87. The molecule has 2 aromatic heterocycles. The van der Waals surface area contributed by atoms with Crippen LogP contribution in [0.25, 0.3) is 21.7 Å². The molecule has 2 heterocycles. The van der Waals surface area contributed by atoms with E-state index in [1.165, 1.54) is 23.1 Å². The van der Waals surface area contributed by atoms with Crippen LogP contribution < -0.4 is 16.2 Å². The molecule has 41 heavy (non-hydrogen) atoms. The zero-order valence-corrected chi connectivity index (χ0v) is 25.2. The fraction of sp³-hybridized carbons (Fsp3) is 0.148. The van der Waals surface area contributed by atoms with Gasteiger partial charge in [0.1, 0.15) is 52.5 Å². The number of hydrogen-bond donors (Lipinski definition) is 2. The van der Waals surface area contributed by atoms with Crippen LogP contribution in [0.3, 0.4) is 0 Å². The van der Waals surface area contributed by atoms with Gasteiger partial charge >= 0.3 is 5.97 Å². The molecule has 0 radical (unpaired) electrons. The van der Waals surface area contributed by atoms with Gasteiger partial charge in [-0.2, -0.15) is 10.5 Å². The van der Waals surface area contributed by atoms with Crippen molar-refractivity contribution in [3.8, 4) is 39.6 Å². The number of nitrogen functional groups attached to an aromatic ring is 1. The zero-order valence-electron chi connectivity index (χ0n) is 21.2. The van der Waals surface area contributed by atoms with Gasteiger partial charge in [0.05, 0.1) is 17.8 Å². The monoisotopic (exact) mass is 648 g/mol. The van der Waals surface area contributed by atoms with Crippen molar-refractivity contribution in [1.82, 2.24) is 9.97 Å². The lowest BCUT2D eigenvalue weighted by molar-refractivity contribution is -0.142. The summed E-state index contributed by atoms with van der Waals surface area (Å²) in [6.07, 6.45) is 0. The molecule has 0 amide bonds. The molecule has 0 unspecified atom stereocenters. The van der Waals surface area contributed by atoms with Crippen LogP contribution in [0, 0.1) is 22.7 Å². The molecule has 0 aliphatic carbocycles. The molecular formula is C27H23Cl3N6O3S2. The van der Waals surface area contributed by atoms with Crippen molar-refractivity contribution < 1.29 is 14.3 Å². The van der Waals surface area contributed by atoms with Crippen molar-refractivity contribution in [3.63, 3.8) is 0 Å². The maximum atomic E-state index is 11.1. The number of hydrogen-bond acceptors (Lipinski definition) is 11. The molecule has 4 aromatic rings. The summed E-state index contributed by atoms with van der Waals surface area (Å²) >= 11 is 8.82. The summed E-state index contributed by atoms with van der Waals surface area (Å²) in [6.45, 7) is 0.0224. The number of nitriles is 2. The molecule has 4 rings (SSSR count). The van der Waals surface area contributed by atoms with E-state index in [-0.39, 0.29) is 61.5 Å². The Bertz CT molecular complexity index is 1570. The number of pyridine rings is 1. The third-order valence-electron chi connectivity index (χ3n) is 5.34. The normalized spacial score (nSPS) is 9.95. The quantitative estimate of drug-likeness (QED) is 0.121. The second-order valence-corrected chi connectivity index (χ2v) is 10.1. The molecule has 0 fully saturated rings. The number of aromatic nitrogens is 2. The largest absolute Gasteiger partial charge is 0.490 e. The van der Waals surface area contributed by atoms with E-state index in [0.717, 1.165) is 16.3 Å². The van der Waals surface area contributed by atoms with Crippen molar-refractivity contribution in [2.24, 2.45) is 5.73 Å². The van der Waals surface area contributed by atoms with Crippen molar-refractivity contribution >= 4 is 71.3 Å². The van der Waals surface area contributed by atoms with Gasteiger partial charge in [-0.25, -0.2) is 9.97 Å². The Morgan fingerprint density at radius 3 is 2.27 bits per heavy atom. The highest BCUT2D eigenvalue weighted by Gasteiger charge is 2.21. The van der Waals surface area contributed by atoms with Crippen LogP contribution in [0.15, 0.2) is 58.9 Å². The minimum atomic E-state index is -0.511. The van der Waals surface area contributed by atoms with E-state index in [4.69, 9.17) is 32.5 Å². The summed E-state index contributed by atoms with van der Waals surface area (Å²) in [6, 6.07) is 18.6. The van der Waals surface area contributed by atoms with Crippen molar-refractivity contribution in [3.05, 3.63) is 75.8 Å². The molecule has 2 aromatic carbocycles. The molecule has 0 spiro atoms. The number of anilines is 1. The van der Waals surface area contributed by atoms with E-state index in [1.54, 1.807) is 24.3 Å². The van der Waals surface area contributed by atoms with Crippen LogP contribution in [-0.2, 0) is 15.3 Å². The molecule has 4 N–H and O–H groups in total. The van der Waals surface area contributed by atoms with Gasteiger partial charge in [0.25, 0.3) is 0 Å². The minimum absolute atomic E-state index is 0. The maximum absolute atomic E-state index is 11.1. The summed E-state index contributed by atoms with van der Waals surface area (Å²) in [4.78, 5) is 20.2. The van der Waals surface area contributed by atoms with Gasteiger partial charge in [-0.1, -0.05) is 47.6 Å². The number of nitrogens with two attached hydrogens (primary N) is 2. The third-order valence-corrected chi connectivity index (χ3v) is 7.54. The smallest absolute Gasteiger partial charge is 0.319 e. The number of benzene rings is 2. The topological polar surface area (TPSA) is 161 Å². The lowest BCUT2D eigenvalue weighted by atomic mass is 9.97. The molecule has 0 saturated heterocycles. The first-order valence-corrected chi connectivity index (χ1v) is 13.7. The average molecular weight is 650 g/mol. The molecule has 14 heteroatoms. The summed E-state index contributed by atoms with van der Waals surface area (Å²) in [5.74, 6) is 0.507. The first-order chi connectivity index (χ1) is 18.9. The molecule has 9 nitrogen and oxygen atoms in total. The van der Waals surface area contributed by atoms with E-state index in [2.05, 4.69) is 22.1 Å². The fourth-order valence-electron chi connectivity index (χ4n) is 3.52. The van der Waals surface area contributed by atoms with E-state index in [9.17, 15) is 15.3 Å². The first kappa shape index (κ1) is 33.7. The SMILES string of the molecule is Cl.Cl.N#Cc1c(N)nc(SCc2csc(-c3ccc(Cl)cc3)n2)c(C#N)c1-c1ccc(OCCOC(=O)CN)cc1. The van der Waals surface area contributed by atoms with E-state index in [1.807, 2.05) is 29.6 Å². The molecule has 212 valence electrons. The molecule has 0 saturated carbocycles. The Hall–Kier alpha value is -3.55. The summed E-state index contributed by atoms with van der Waals surface area (Å²) in [5.41, 5.74) is 14.5. The van der Waals surface area contributed by atoms with Crippen LogP contribution in [-0.4, -0.2) is 35.7 Å². The van der Waals surface area contributed by atoms with Crippen LogP contribution in [0.2, 0.25) is 5.02 Å². The third kappa shape index (κ3) is 8.47. The highest BCUT2D eigenvalue weighted by molar-refractivity contribution is 7.98. The van der Waals surface area contributed by atoms with Gasteiger partial charge in [0.15, 0.2) is 0 Å². The molecule has 0 bridgehead atoms. The Labute approximate surface area is 262 Å². The second-order valence-electron chi connectivity index (χ2n) is 7.89. The number of ether oxygens (including phenoxy) is 2. The van der Waals surface area contributed by atoms with Gasteiger partial charge in [0, 0.05) is 27.3 Å². The number of carbonyl (C=O) groups is 1. The number of nitrogens with zero attached hydrogens (tertiary/aromatic N) is 4. The number of thioether (sulfide) groups is 1. The molecule has 0 aliphatic heterocycles. The van der Waals surface area contributed by atoms with Gasteiger partial charge in [0.2, 0.25) is 0 Å². The Morgan fingerprint density at radius 1 is 0.976 bits per heavy atom. The molecule has 0 aliphatic rings. The second kappa shape index (κ2) is 16.0. The lowest BCUT2D eigenvalue weighted by Crippen LogP contribution is -2.19. The molecular weight excluding hydrogens is 627 g/mol. The standard InChI is InChI=1S/C27H21ClN6O3S2.2ClH/c28-18-5-1-17(2-6-18)26-33-19(14-38-26)15-39-27-22(12-30)24(21(11-29)25(32)34-27)16-3-7-20(8-4-16)36-9-10-37-23(35)13-31;;/h1-8,14H,9-10,13,15,31H2,(H2,32,34);2*1H. The Morgan fingerprint density at radius 2 is 1.63 bits per heavy atom. The maximum Gasteiger partial charge on any atom is 0.319 e. The van der Waals surface area contributed by atoms with Crippen molar-refractivity contribution in [2.75, 3.05) is 25.5 Å². The van der Waals surface area contributed by atoms with Crippen LogP contribution >= 0.6 is 59.5 Å². The Balaban J connectivity index is 0.00000294. The number of carbonyl (C=O) groups excluding carboxylic acids is 1. The number of halogens is 3. The van der Waals surface area contributed by atoms with Gasteiger partial charge in [-0.15, -0.1) is 36.2 Å². The lowest BCUT2D eigenvalue weighted by Gasteiger charge is -2.13. The van der Waals surface area contributed by atoms with Gasteiger partial charge in [-0.3, -0.25) is 4.79 Å². The average Bonchev–Trinajstić information content (AvgIpc) is 3.43. The predicted molar refractivity (Wildman–Crippen MR) is 166 cm³/mol. The fourth-order valence-corrected chi connectivity index (χ4v) is 5.47. The first-order valence-electron chi connectivity index (χ1n) is 11.5. The van der Waals surface area contributed by atoms with Crippen LogP contribution in [0.5, 0.6) is 5.75 Å². The molecule has 0 atom stereocenters. The van der Waals surface area contributed by atoms with Gasteiger partial charge < -0.3 is 20.9 Å². The van der Waals surface area contributed by atoms with E-state index < -0.39 is 5.97 Å². The summed E-state index contributed by atoms with van der Waals surface area (Å²) < 4.78 is 10.5. The number of esters is 1. The Kier molecular flexibility index (Phi) is 13.2. The highest BCUT2D eigenvalue weighted by Crippen LogP contribution is 2.37. The van der Waals surface area contributed by atoms with Crippen molar-refractivity contribution in [1.29, 1.82) is 10.5 Å². The van der Waals surface area contributed by atoms with Crippen molar-refractivity contribution in [2.45, 2.75) is 10.8 Å². The van der Waals surface area contributed by atoms with Crippen LogP contribution in [0.1, 0.15) is 16.8 Å². The zero-order chi connectivity index (χ0) is 27.8. The van der Waals surface area contributed by atoms with Crippen LogP contribution in [0.4, 0.5) is 5.82 Å². The minimum Gasteiger partial charge on any atom is -0.490 e. The number of thiazole rings is 1. The van der Waals surface area contributed by atoms with E-state index in [0.29, 0.717) is 32.7 Å².